The van der Waals surface area contributed by atoms with Gasteiger partial charge in [-0.25, -0.2) is 4.98 Å². The van der Waals surface area contributed by atoms with Crippen LogP contribution in [0.2, 0.25) is 0 Å². The first-order chi connectivity index (χ1) is 9.80. The van der Waals surface area contributed by atoms with Crippen LogP contribution in [0.3, 0.4) is 0 Å². The number of imidazole rings is 1. The Morgan fingerprint density at radius 2 is 1.90 bits per heavy atom. The van der Waals surface area contributed by atoms with Crippen LogP contribution in [0, 0.1) is 12.3 Å². The SMILES string of the molecule is Cc1nn(C)c2c1nc(C(C)Cl)n2C1CCC(C)(C)CC1. The Hall–Kier alpha value is -1.03. The molecular formula is C16H25ClN4. The molecule has 0 amide bonds. The molecule has 3 rings (SSSR count). The van der Waals surface area contributed by atoms with Gasteiger partial charge in [0.15, 0.2) is 5.65 Å². The van der Waals surface area contributed by atoms with Gasteiger partial charge in [0.1, 0.15) is 11.3 Å². The molecular weight excluding hydrogens is 284 g/mol. The highest BCUT2D eigenvalue weighted by atomic mass is 35.5. The molecule has 21 heavy (non-hydrogen) atoms. The first-order valence-electron chi connectivity index (χ1n) is 7.85. The quantitative estimate of drug-likeness (QED) is 0.765. The minimum absolute atomic E-state index is 0.0771. The molecule has 0 saturated heterocycles. The summed E-state index contributed by atoms with van der Waals surface area (Å²) in [7, 11) is 2.00. The molecule has 2 aromatic rings. The molecule has 5 heteroatoms. The van der Waals surface area contributed by atoms with Crippen molar-refractivity contribution >= 4 is 22.8 Å². The molecule has 1 saturated carbocycles. The van der Waals surface area contributed by atoms with Crippen molar-refractivity contribution in [2.75, 3.05) is 0 Å². The monoisotopic (exact) mass is 308 g/mol. The Bertz CT molecular complexity index is 655. The average molecular weight is 309 g/mol. The lowest BCUT2D eigenvalue weighted by atomic mass is 9.75. The van der Waals surface area contributed by atoms with Gasteiger partial charge in [0.2, 0.25) is 0 Å². The van der Waals surface area contributed by atoms with Crippen molar-refractivity contribution in [3.63, 3.8) is 0 Å². The smallest absolute Gasteiger partial charge is 0.158 e. The highest BCUT2D eigenvalue weighted by molar-refractivity contribution is 6.20. The summed E-state index contributed by atoms with van der Waals surface area (Å²) in [6, 6.07) is 0.494. The Morgan fingerprint density at radius 3 is 2.48 bits per heavy atom. The molecule has 2 heterocycles. The van der Waals surface area contributed by atoms with Crippen molar-refractivity contribution in [3.05, 3.63) is 11.5 Å². The van der Waals surface area contributed by atoms with Crippen molar-refractivity contribution in [3.8, 4) is 0 Å². The third kappa shape index (κ3) is 2.48. The van der Waals surface area contributed by atoms with Crippen LogP contribution in [-0.2, 0) is 7.05 Å². The van der Waals surface area contributed by atoms with E-state index in [2.05, 4.69) is 23.5 Å². The highest BCUT2D eigenvalue weighted by Crippen LogP contribution is 2.42. The summed E-state index contributed by atoms with van der Waals surface area (Å²) < 4.78 is 4.32. The molecule has 1 unspecified atom stereocenters. The van der Waals surface area contributed by atoms with Gasteiger partial charge >= 0.3 is 0 Å². The fraction of sp³-hybridized carbons (Fsp3) is 0.750. The van der Waals surface area contributed by atoms with E-state index in [-0.39, 0.29) is 5.38 Å². The number of nitrogens with zero attached hydrogens (tertiary/aromatic N) is 4. The second kappa shape index (κ2) is 5.01. The molecule has 1 fully saturated rings. The summed E-state index contributed by atoms with van der Waals surface area (Å²) in [5.74, 6) is 0.993. The van der Waals surface area contributed by atoms with Crippen molar-refractivity contribution in [1.29, 1.82) is 0 Å². The summed E-state index contributed by atoms with van der Waals surface area (Å²) >= 11 is 6.40. The van der Waals surface area contributed by atoms with Gasteiger partial charge in [-0.2, -0.15) is 5.10 Å². The Kier molecular flexibility index (Phi) is 3.55. The van der Waals surface area contributed by atoms with E-state index in [9.17, 15) is 0 Å². The predicted molar refractivity (Wildman–Crippen MR) is 86.8 cm³/mol. The number of aryl methyl sites for hydroxylation is 2. The summed E-state index contributed by atoms with van der Waals surface area (Å²) in [5, 5.41) is 4.45. The molecule has 0 radical (unpaired) electrons. The number of halogens is 1. The first kappa shape index (κ1) is 14.9. The molecule has 1 aliphatic rings. The second-order valence-corrected chi connectivity index (χ2v) is 7.89. The lowest BCUT2D eigenvalue weighted by Gasteiger charge is -2.35. The molecule has 2 aromatic heterocycles. The van der Waals surface area contributed by atoms with E-state index in [1.807, 2.05) is 25.6 Å². The van der Waals surface area contributed by atoms with Crippen LogP contribution >= 0.6 is 11.6 Å². The van der Waals surface area contributed by atoms with Gasteiger partial charge in [-0.15, -0.1) is 11.6 Å². The van der Waals surface area contributed by atoms with E-state index < -0.39 is 0 Å². The molecule has 1 aliphatic carbocycles. The van der Waals surface area contributed by atoms with Gasteiger partial charge in [-0.05, 0) is 44.9 Å². The van der Waals surface area contributed by atoms with Crippen molar-refractivity contribution < 1.29 is 0 Å². The largest absolute Gasteiger partial charge is 0.309 e. The van der Waals surface area contributed by atoms with Gasteiger partial charge in [0, 0.05) is 13.1 Å². The van der Waals surface area contributed by atoms with Crippen molar-refractivity contribution in [2.45, 2.75) is 64.8 Å². The zero-order valence-corrected chi connectivity index (χ0v) is 14.4. The normalized spacial score (nSPS) is 21.0. The summed E-state index contributed by atoms with van der Waals surface area (Å²) in [4.78, 5) is 4.79. The minimum Gasteiger partial charge on any atom is -0.309 e. The summed E-state index contributed by atoms with van der Waals surface area (Å²) in [5.41, 5.74) is 3.58. The van der Waals surface area contributed by atoms with Crippen molar-refractivity contribution in [2.24, 2.45) is 12.5 Å². The van der Waals surface area contributed by atoms with Gasteiger partial charge in [0.25, 0.3) is 0 Å². The zero-order chi connectivity index (χ0) is 15.4. The number of aromatic nitrogens is 4. The van der Waals surface area contributed by atoms with Crippen LogP contribution in [0.5, 0.6) is 0 Å². The number of alkyl halides is 1. The Labute approximate surface area is 131 Å². The van der Waals surface area contributed by atoms with E-state index in [1.165, 1.54) is 25.7 Å². The van der Waals surface area contributed by atoms with Crippen LogP contribution in [-0.4, -0.2) is 19.3 Å². The second-order valence-electron chi connectivity index (χ2n) is 7.23. The van der Waals surface area contributed by atoms with Gasteiger partial charge in [-0.3, -0.25) is 4.68 Å². The lowest BCUT2D eigenvalue weighted by Crippen LogP contribution is -2.25. The summed E-state index contributed by atoms with van der Waals surface area (Å²) in [6.07, 6.45) is 4.90. The predicted octanol–water partition coefficient (Wildman–Crippen LogP) is 4.52. The van der Waals surface area contributed by atoms with Crippen LogP contribution in [0.15, 0.2) is 0 Å². The first-order valence-corrected chi connectivity index (χ1v) is 8.29. The molecule has 0 aromatic carbocycles. The topological polar surface area (TPSA) is 35.6 Å². The number of rotatable bonds is 2. The maximum atomic E-state index is 6.40. The van der Waals surface area contributed by atoms with Crippen LogP contribution in [0.4, 0.5) is 0 Å². The fourth-order valence-electron chi connectivity index (χ4n) is 3.60. The number of fused-ring (bicyclic) bond motifs is 1. The maximum absolute atomic E-state index is 6.40. The summed E-state index contributed by atoms with van der Waals surface area (Å²) in [6.45, 7) is 8.76. The number of hydrogen-bond acceptors (Lipinski definition) is 2. The number of hydrogen-bond donors (Lipinski definition) is 0. The standard InChI is InChI=1S/C16H25ClN4/c1-10(17)14-18-13-11(2)19-20(5)15(13)21(14)12-6-8-16(3,4)9-7-12/h10,12H,6-9H2,1-5H3. The van der Waals surface area contributed by atoms with E-state index in [0.717, 1.165) is 22.7 Å². The zero-order valence-electron chi connectivity index (χ0n) is 13.6. The minimum atomic E-state index is -0.0771. The van der Waals surface area contributed by atoms with Crippen LogP contribution in [0.25, 0.3) is 11.2 Å². The molecule has 0 N–H and O–H groups in total. The molecule has 4 nitrogen and oxygen atoms in total. The third-order valence-electron chi connectivity index (χ3n) is 4.89. The average Bonchev–Trinajstić information content (AvgIpc) is 2.90. The molecule has 1 atom stereocenters. The van der Waals surface area contributed by atoms with Crippen LogP contribution < -0.4 is 0 Å². The Morgan fingerprint density at radius 1 is 1.29 bits per heavy atom. The van der Waals surface area contributed by atoms with E-state index >= 15 is 0 Å². The fourth-order valence-corrected chi connectivity index (χ4v) is 3.75. The third-order valence-corrected chi connectivity index (χ3v) is 5.09. The van der Waals surface area contributed by atoms with Crippen LogP contribution in [0.1, 0.15) is 69.4 Å². The van der Waals surface area contributed by atoms with Gasteiger partial charge in [-0.1, -0.05) is 13.8 Å². The van der Waals surface area contributed by atoms with E-state index in [0.29, 0.717) is 11.5 Å². The van der Waals surface area contributed by atoms with E-state index in [1.54, 1.807) is 0 Å². The molecule has 0 aliphatic heterocycles. The molecule has 0 spiro atoms. The van der Waals surface area contributed by atoms with E-state index in [4.69, 9.17) is 16.6 Å². The highest BCUT2D eigenvalue weighted by Gasteiger charge is 2.31. The van der Waals surface area contributed by atoms with Gasteiger partial charge in [0.05, 0.1) is 11.1 Å². The molecule has 116 valence electrons. The lowest BCUT2D eigenvalue weighted by molar-refractivity contribution is 0.193. The Balaban J connectivity index is 2.10. The maximum Gasteiger partial charge on any atom is 0.158 e. The van der Waals surface area contributed by atoms with Gasteiger partial charge < -0.3 is 4.57 Å². The van der Waals surface area contributed by atoms with Crippen molar-refractivity contribution in [1.82, 2.24) is 19.3 Å². The molecule has 0 bridgehead atoms.